The fourth-order valence-corrected chi connectivity index (χ4v) is 3.73. The number of allylic oxidation sites excluding steroid dienone is 1. The number of methoxy groups -OCH3 is 2. The van der Waals surface area contributed by atoms with Crippen LogP contribution in [0.4, 0.5) is 0 Å². The van der Waals surface area contributed by atoms with Gasteiger partial charge in [0.1, 0.15) is 0 Å². The van der Waals surface area contributed by atoms with Gasteiger partial charge in [0, 0.05) is 23.6 Å². The Balaban J connectivity index is 1.79. The fourth-order valence-electron chi connectivity index (χ4n) is 3.21. The van der Waals surface area contributed by atoms with Crippen LogP contribution in [0.1, 0.15) is 23.6 Å². The minimum atomic E-state index is 0.0765. The summed E-state index contributed by atoms with van der Waals surface area (Å²) in [6, 6.07) is 14.2. The van der Waals surface area contributed by atoms with E-state index >= 15 is 0 Å². The van der Waals surface area contributed by atoms with Crippen molar-refractivity contribution in [2.45, 2.75) is 18.9 Å². The third-order valence-corrected chi connectivity index (χ3v) is 5.36. The van der Waals surface area contributed by atoms with E-state index in [-0.39, 0.29) is 11.8 Å². The SMILES string of the molecule is COc1cc(Br)c(CCN2C=CC(=O)CC2c2ccccc2)cc1OC. The van der Waals surface area contributed by atoms with E-state index in [0.29, 0.717) is 12.2 Å². The second kappa shape index (κ2) is 8.41. The number of carbonyl (C=O) groups is 1. The Morgan fingerprint density at radius 2 is 1.81 bits per heavy atom. The molecule has 1 aliphatic heterocycles. The predicted octanol–water partition coefficient (Wildman–Crippen LogP) is 4.54. The molecular weight excluding hydrogens is 394 g/mol. The fraction of sp³-hybridized carbons (Fsp3) is 0.286. The molecule has 3 rings (SSSR count). The Morgan fingerprint density at radius 1 is 1.12 bits per heavy atom. The van der Waals surface area contributed by atoms with E-state index in [1.54, 1.807) is 20.3 Å². The summed E-state index contributed by atoms with van der Waals surface area (Å²) in [6.45, 7) is 0.803. The molecule has 0 aromatic heterocycles. The molecule has 0 bridgehead atoms. The summed E-state index contributed by atoms with van der Waals surface area (Å²) in [5.74, 6) is 1.59. The summed E-state index contributed by atoms with van der Waals surface area (Å²) < 4.78 is 11.7. The van der Waals surface area contributed by atoms with Crippen LogP contribution in [0.5, 0.6) is 11.5 Å². The number of rotatable bonds is 6. The quantitative estimate of drug-likeness (QED) is 0.693. The number of nitrogens with zero attached hydrogens (tertiary/aromatic N) is 1. The standard InChI is InChI=1S/C21H22BrNO3/c1-25-20-12-16(18(22)14-21(20)26-2)8-10-23-11-9-17(24)13-19(23)15-6-4-3-5-7-15/h3-7,9,11-12,14,19H,8,10,13H2,1-2H3. The summed E-state index contributed by atoms with van der Waals surface area (Å²) in [7, 11) is 3.27. The highest BCUT2D eigenvalue weighted by Crippen LogP contribution is 2.34. The maximum absolute atomic E-state index is 11.9. The molecule has 1 aliphatic rings. The number of benzene rings is 2. The molecule has 2 aromatic rings. The highest BCUT2D eigenvalue weighted by Gasteiger charge is 2.24. The first-order chi connectivity index (χ1) is 12.6. The molecule has 0 fully saturated rings. The number of carbonyl (C=O) groups excluding carboxylic acids is 1. The van der Waals surface area contributed by atoms with Crippen molar-refractivity contribution in [3.8, 4) is 11.5 Å². The highest BCUT2D eigenvalue weighted by molar-refractivity contribution is 9.10. The van der Waals surface area contributed by atoms with Crippen molar-refractivity contribution in [3.63, 3.8) is 0 Å². The summed E-state index contributed by atoms with van der Waals surface area (Å²) in [6.07, 6.45) is 4.91. The Kier molecular flexibility index (Phi) is 5.99. The first kappa shape index (κ1) is 18.5. The first-order valence-corrected chi connectivity index (χ1v) is 9.33. The topological polar surface area (TPSA) is 38.8 Å². The van der Waals surface area contributed by atoms with Gasteiger partial charge in [0.05, 0.1) is 20.3 Å². The van der Waals surface area contributed by atoms with E-state index in [9.17, 15) is 4.79 Å². The van der Waals surface area contributed by atoms with Gasteiger partial charge in [-0.3, -0.25) is 4.79 Å². The normalized spacial score (nSPS) is 16.7. The molecule has 0 spiro atoms. The van der Waals surface area contributed by atoms with Crippen LogP contribution in [0.3, 0.4) is 0 Å². The zero-order valence-electron chi connectivity index (χ0n) is 14.9. The highest BCUT2D eigenvalue weighted by atomic mass is 79.9. The Morgan fingerprint density at radius 3 is 2.50 bits per heavy atom. The van der Waals surface area contributed by atoms with Gasteiger partial charge in [-0.05, 0) is 35.8 Å². The van der Waals surface area contributed by atoms with E-state index < -0.39 is 0 Å². The zero-order chi connectivity index (χ0) is 18.5. The van der Waals surface area contributed by atoms with Crippen LogP contribution in [0.15, 0.2) is 59.2 Å². The number of ether oxygens (including phenoxy) is 2. The minimum absolute atomic E-state index is 0.0765. The average Bonchev–Trinajstić information content (AvgIpc) is 2.68. The van der Waals surface area contributed by atoms with Gasteiger partial charge in [-0.1, -0.05) is 46.3 Å². The third kappa shape index (κ3) is 4.10. The molecule has 0 amide bonds. The zero-order valence-corrected chi connectivity index (χ0v) is 16.5. The molecule has 1 heterocycles. The average molecular weight is 416 g/mol. The van der Waals surface area contributed by atoms with E-state index in [2.05, 4.69) is 33.0 Å². The van der Waals surface area contributed by atoms with Gasteiger partial charge in [-0.2, -0.15) is 0 Å². The number of hydrogen-bond donors (Lipinski definition) is 0. The second-order valence-corrected chi connectivity index (χ2v) is 7.05. The molecule has 0 aliphatic carbocycles. The van der Waals surface area contributed by atoms with Crippen LogP contribution in [0.25, 0.3) is 0 Å². The Bertz CT molecular complexity index is 804. The minimum Gasteiger partial charge on any atom is -0.493 e. The number of halogens is 1. The molecule has 0 saturated heterocycles. The van der Waals surface area contributed by atoms with Crippen molar-refractivity contribution < 1.29 is 14.3 Å². The van der Waals surface area contributed by atoms with Crippen molar-refractivity contribution in [2.75, 3.05) is 20.8 Å². The van der Waals surface area contributed by atoms with Crippen LogP contribution in [-0.2, 0) is 11.2 Å². The van der Waals surface area contributed by atoms with Crippen molar-refractivity contribution >= 4 is 21.7 Å². The lowest BCUT2D eigenvalue weighted by atomic mass is 9.97. The van der Waals surface area contributed by atoms with E-state index in [4.69, 9.17) is 9.47 Å². The second-order valence-electron chi connectivity index (χ2n) is 6.20. The van der Waals surface area contributed by atoms with Crippen LogP contribution >= 0.6 is 15.9 Å². The number of hydrogen-bond acceptors (Lipinski definition) is 4. The van der Waals surface area contributed by atoms with Gasteiger partial charge in [-0.15, -0.1) is 0 Å². The molecule has 0 N–H and O–H groups in total. The van der Waals surface area contributed by atoms with Gasteiger partial charge in [0.15, 0.2) is 17.3 Å². The van der Waals surface area contributed by atoms with Gasteiger partial charge in [0.25, 0.3) is 0 Å². The van der Waals surface area contributed by atoms with Crippen LogP contribution in [-0.4, -0.2) is 31.4 Å². The molecule has 4 nitrogen and oxygen atoms in total. The van der Waals surface area contributed by atoms with Gasteiger partial charge in [0.2, 0.25) is 0 Å². The summed E-state index contributed by atoms with van der Waals surface area (Å²) in [5.41, 5.74) is 2.30. The van der Waals surface area contributed by atoms with E-state index in [1.807, 2.05) is 36.5 Å². The Hall–Kier alpha value is -2.27. The van der Waals surface area contributed by atoms with E-state index in [0.717, 1.165) is 34.3 Å². The lowest BCUT2D eigenvalue weighted by Crippen LogP contribution is -2.30. The van der Waals surface area contributed by atoms with Gasteiger partial charge < -0.3 is 14.4 Å². The molecule has 2 aromatic carbocycles. The van der Waals surface area contributed by atoms with Crippen molar-refractivity contribution in [3.05, 3.63) is 70.3 Å². The summed E-state index contributed by atoms with van der Waals surface area (Å²) in [5, 5.41) is 0. The molecular formula is C21H22BrNO3. The molecule has 5 heteroatoms. The predicted molar refractivity (Wildman–Crippen MR) is 106 cm³/mol. The molecule has 136 valence electrons. The van der Waals surface area contributed by atoms with Gasteiger partial charge >= 0.3 is 0 Å². The van der Waals surface area contributed by atoms with Crippen molar-refractivity contribution in [1.29, 1.82) is 0 Å². The molecule has 1 atom stereocenters. The summed E-state index contributed by atoms with van der Waals surface area (Å²) >= 11 is 3.62. The van der Waals surface area contributed by atoms with E-state index in [1.165, 1.54) is 0 Å². The van der Waals surface area contributed by atoms with Crippen molar-refractivity contribution in [2.24, 2.45) is 0 Å². The maximum Gasteiger partial charge on any atom is 0.161 e. The lowest BCUT2D eigenvalue weighted by molar-refractivity contribution is -0.116. The molecule has 0 radical (unpaired) electrons. The first-order valence-electron chi connectivity index (χ1n) is 8.54. The summed E-state index contributed by atoms with van der Waals surface area (Å²) in [4.78, 5) is 14.2. The molecule has 1 unspecified atom stereocenters. The Labute approximate surface area is 162 Å². The monoisotopic (exact) mass is 415 g/mol. The third-order valence-electron chi connectivity index (χ3n) is 4.62. The number of ketones is 1. The molecule has 0 saturated carbocycles. The van der Waals surface area contributed by atoms with Crippen LogP contribution in [0.2, 0.25) is 0 Å². The van der Waals surface area contributed by atoms with Crippen LogP contribution in [0, 0.1) is 0 Å². The van der Waals surface area contributed by atoms with Crippen molar-refractivity contribution in [1.82, 2.24) is 4.90 Å². The van der Waals surface area contributed by atoms with Gasteiger partial charge in [-0.25, -0.2) is 0 Å². The lowest BCUT2D eigenvalue weighted by Gasteiger charge is -2.33. The largest absolute Gasteiger partial charge is 0.493 e. The maximum atomic E-state index is 11.9. The smallest absolute Gasteiger partial charge is 0.161 e. The van der Waals surface area contributed by atoms with Crippen LogP contribution < -0.4 is 9.47 Å². The molecule has 26 heavy (non-hydrogen) atoms.